The Hall–Kier alpha value is -1.81. The van der Waals surface area contributed by atoms with Crippen LogP contribution in [0.2, 0.25) is 0 Å². The van der Waals surface area contributed by atoms with Gasteiger partial charge in [0.25, 0.3) is 0 Å². The van der Waals surface area contributed by atoms with Gasteiger partial charge in [0, 0.05) is 11.9 Å². The van der Waals surface area contributed by atoms with E-state index in [9.17, 15) is 4.79 Å². The first-order valence-corrected chi connectivity index (χ1v) is 7.68. The van der Waals surface area contributed by atoms with Gasteiger partial charge in [0.1, 0.15) is 11.3 Å². The standard InChI is InChI=1S/C17H22N2O2/c1-11-13-7-3-4-9-15(13)21-16(11)12(2)19-14-8-5-6-10-18-17(14)20/h3-4,7,9,12,14,19H,5-6,8,10H2,1-2H3,(H,18,20). The van der Waals surface area contributed by atoms with Crippen molar-refractivity contribution in [2.45, 2.75) is 45.2 Å². The largest absolute Gasteiger partial charge is 0.459 e. The number of carbonyl (C=O) groups excluding carboxylic acids is 1. The number of aryl methyl sites for hydroxylation is 1. The van der Waals surface area contributed by atoms with Crippen molar-refractivity contribution in [1.29, 1.82) is 0 Å². The van der Waals surface area contributed by atoms with Crippen molar-refractivity contribution in [3.8, 4) is 0 Å². The zero-order valence-electron chi connectivity index (χ0n) is 12.6. The van der Waals surface area contributed by atoms with Crippen LogP contribution in [-0.2, 0) is 4.79 Å². The molecule has 1 aromatic carbocycles. The van der Waals surface area contributed by atoms with Crippen LogP contribution in [0.1, 0.15) is 43.6 Å². The van der Waals surface area contributed by atoms with E-state index in [1.807, 2.05) is 18.2 Å². The minimum Gasteiger partial charge on any atom is -0.459 e. The Kier molecular flexibility index (Phi) is 3.97. The predicted molar refractivity (Wildman–Crippen MR) is 83.2 cm³/mol. The molecule has 1 aromatic heterocycles. The van der Waals surface area contributed by atoms with E-state index in [0.717, 1.165) is 48.1 Å². The molecule has 4 heteroatoms. The summed E-state index contributed by atoms with van der Waals surface area (Å²) in [6.07, 6.45) is 3.01. The lowest BCUT2D eigenvalue weighted by Crippen LogP contribution is -2.43. The van der Waals surface area contributed by atoms with Crippen LogP contribution >= 0.6 is 0 Å². The van der Waals surface area contributed by atoms with Crippen LogP contribution < -0.4 is 10.6 Å². The molecular weight excluding hydrogens is 264 g/mol. The van der Waals surface area contributed by atoms with Crippen molar-refractivity contribution in [1.82, 2.24) is 10.6 Å². The van der Waals surface area contributed by atoms with Crippen LogP contribution in [0.15, 0.2) is 28.7 Å². The molecule has 2 aromatic rings. The molecular formula is C17H22N2O2. The van der Waals surface area contributed by atoms with Gasteiger partial charge in [0.15, 0.2) is 0 Å². The number of carbonyl (C=O) groups is 1. The molecule has 1 fully saturated rings. The molecule has 0 bridgehead atoms. The van der Waals surface area contributed by atoms with Crippen LogP contribution in [0.4, 0.5) is 0 Å². The molecule has 1 amide bonds. The van der Waals surface area contributed by atoms with Gasteiger partial charge in [-0.2, -0.15) is 0 Å². The van der Waals surface area contributed by atoms with E-state index in [0.29, 0.717) is 0 Å². The number of hydrogen-bond acceptors (Lipinski definition) is 3. The summed E-state index contributed by atoms with van der Waals surface area (Å²) < 4.78 is 5.97. The van der Waals surface area contributed by atoms with Crippen LogP contribution in [-0.4, -0.2) is 18.5 Å². The fourth-order valence-corrected chi connectivity index (χ4v) is 3.08. The van der Waals surface area contributed by atoms with E-state index in [1.54, 1.807) is 0 Å². The Bertz CT molecular complexity index is 647. The fraction of sp³-hybridized carbons (Fsp3) is 0.471. The zero-order chi connectivity index (χ0) is 14.8. The normalized spacial score (nSPS) is 21.0. The van der Waals surface area contributed by atoms with Gasteiger partial charge in [-0.1, -0.05) is 18.2 Å². The van der Waals surface area contributed by atoms with E-state index >= 15 is 0 Å². The highest BCUT2D eigenvalue weighted by Gasteiger charge is 2.25. The van der Waals surface area contributed by atoms with Crippen LogP contribution in [0.25, 0.3) is 11.0 Å². The second kappa shape index (κ2) is 5.90. The van der Waals surface area contributed by atoms with E-state index in [1.165, 1.54) is 0 Å². The Morgan fingerprint density at radius 2 is 2.14 bits per heavy atom. The highest BCUT2D eigenvalue weighted by atomic mass is 16.3. The van der Waals surface area contributed by atoms with Crippen LogP contribution in [0.3, 0.4) is 0 Å². The molecule has 2 unspecified atom stereocenters. The third-order valence-electron chi connectivity index (χ3n) is 4.26. The predicted octanol–water partition coefficient (Wildman–Crippen LogP) is 3.06. The monoisotopic (exact) mass is 286 g/mol. The summed E-state index contributed by atoms with van der Waals surface area (Å²) in [7, 11) is 0. The van der Waals surface area contributed by atoms with Crippen molar-refractivity contribution in [3.05, 3.63) is 35.6 Å². The highest BCUT2D eigenvalue weighted by Crippen LogP contribution is 2.29. The molecule has 3 rings (SSSR count). The van der Waals surface area contributed by atoms with Crippen LogP contribution in [0.5, 0.6) is 0 Å². The summed E-state index contributed by atoms with van der Waals surface area (Å²) >= 11 is 0. The van der Waals surface area contributed by atoms with Crippen molar-refractivity contribution in [3.63, 3.8) is 0 Å². The van der Waals surface area contributed by atoms with Gasteiger partial charge in [-0.3, -0.25) is 10.1 Å². The average Bonchev–Trinajstić information content (AvgIpc) is 2.69. The number of fused-ring (bicyclic) bond motifs is 1. The van der Waals surface area contributed by atoms with Gasteiger partial charge in [-0.05, 0) is 44.7 Å². The third kappa shape index (κ3) is 2.81. The number of amides is 1. The molecule has 1 aliphatic heterocycles. The topological polar surface area (TPSA) is 54.3 Å². The minimum atomic E-state index is -0.130. The number of benzene rings is 1. The summed E-state index contributed by atoms with van der Waals surface area (Å²) in [6.45, 7) is 4.92. The molecule has 0 spiro atoms. The van der Waals surface area contributed by atoms with Crippen molar-refractivity contribution >= 4 is 16.9 Å². The first-order chi connectivity index (χ1) is 10.2. The molecule has 4 nitrogen and oxygen atoms in total. The lowest BCUT2D eigenvalue weighted by atomic mass is 10.1. The lowest BCUT2D eigenvalue weighted by Gasteiger charge is -2.20. The van der Waals surface area contributed by atoms with Crippen molar-refractivity contribution < 1.29 is 9.21 Å². The molecule has 0 radical (unpaired) electrons. The van der Waals surface area contributed by atoms with Crippen LogP contribution in [0, 0.1) is 6.92 Å². The summed E-state index contributed by atoms with van der Waals surface area (Å²) in [5, 5.41) is 7.53. The number of para-hydroxylation sites is 1. The molecule has 2 heterocycles. The molecule has 2 atom stereocenters. The molecule has 1 saturated heterocycles. The Morgan fingerprint density at radius 3 is 2.95 bits per heavy atom. The molecule has 21 heavy (non-hydrogen) atoms. The Balaban J connectivity index is 1.81. The smallest absolute Gasteiger partial charge is 0.237 e. The second-order valence-electron chi connectivity index (χ2n) is 5.82. The van der Waals surface area contributed by atoms with Gasteiger partial charge in [0.05, 0.1) is 12.1 Å². The summed E-state index contributed by atoms with van der Waals surface area (Å²) in [5.74, 6) is 1.03. The number of hydrogen-bond donors (Lipinski definition) is 2. The molecule has 1 aliphatic rings. The zero-order valence-corrected chi connectivity index (χ0v) is 12.6. The summed E-state index contributed by atoms with van der Waals surface area (Å²) in [4.78, 5) is 12.0. The highest BCUT2D eigenvalue weighted by molar-refractivity contribution is 5.83. The van der Waals surface area contributed by atoms with Crippen molar-refractivity contribution in [2.24, 2.45) is 0 Å². The third-order valence-corrected chi connectivity index (χ3v) is 4.26. The second-order valence-corrected chi connectivity index (χ2v) is 5.82. The quantitative estimate of drug-likeness (QED) is 0.911. The maximum Gasteiger partial charge on any atom is 0.237 e. The van der Waals surface area contributed by atoms with E-state index < -0.39 is 0 Å². The number of nitrogens with one attached hydrogen (secondary N) is 2. The van der Waals surface area contributed by atoms with E-state index in [4.69, 9.17) is 4.42 Å². The molecule has 0 aliphatic carbocycles. The number of furan rings is 1. The average molecular weight is 286 g/mol. The lowest BCUT2D eigenvalue weighted by molar-refractivity contribution is -0.123. The van der Waals surface area contributed by atoms with Gasteiger partial charge in [0.2, 0.25) is 5.91 Å². The molecule has 112 valence electrons. The van der Waals surface area contributed by atoms with Gasteiger partial charge >= 0.3 is 0 Å². The fourth-order valence-electron chi connectivity index (χ4n) is 3.08. The van der Waals surface area contributed by atoms with Gasteiger partial charge < -0.3 is 9.73 Å². The first-order valence-electron chi connectivity index (χ1n) is 7.68. The number of rotatable bonds is 3. The maximum atomic E-state index is 12.0. The Labute approximate surface area is 124 Å². The van der Waals surface area contributed by atoms with Gasteiger partial charge in [-0.25, -0.2) is 0 Å². The molecule has 0 saturated carbocycles. The minimum absolute atomic E-state index is 0.0197. The van der Waals surface area contributed by atoms with E-state index in [-0.39, 0.29) is 18.0 Å². The van der Waals surface area contributed by atoms with Crippen molar-refractivity contribution in [2.75, 3.05) is 6.54 Å². The van der Waals surface area contributed by atoms with E-state index in [2.05, 4.69) is 30.5 Å². The molecule has 2 N–H and O–H groups in total. The SMILES string of the molecule is Cc1c(C(C)NC2CCCCNC2=O)oc2ccccc12. The van der Waals surface area contributed by atoms with Gasteiger partial charge in [-0.15, -0.1) is 0 Å². The maximum absolute atomic E-state index is 12.0. The summed E-state index contributed by atoms with van der Waals surface area (Å²) in [5.41, 5.74) is 2.06. The Morgan fingerprint density at radius 1 is 1.33 bits per heavy atom. The first kappa shape index (κ1) is 14.1. The summed E-state index contributed by atoms with van der Waals surface area (Å²) in [6, 6.07) is 7.94.